The summed E-state index contributed by atoms with van der Waals surface area (Å²) in [6, 6.07) is 10.3. The molecule has 132 valence electrons. The van der Waals surface area contributed by atoms with E-state index in [4.69, 9.17) is 27.9 Å². The molecule has 8 heteroatoms. The van der Waals surface area contributed by atoms with Crippen LogP contribution in [0.5, 0.6) is 5.75 Å². The zero-order valence-electron chi connectivity index (χ0n) is 13.1. The fourth-order valence-corrected chi connectivity index (χ4v) is 4.46. The highest BCUT2D eigenvalue weighted by molar-refractivity contribution is 7.89. The molecule has 0 atom stereocenters. The molecule has 0 aromatic heterocycles. The maximum Gasteiger partial charge on any atom is 0.343 e. The van der Waals surface area contributed by atoms with Crippen LogP contribution in [-0.4, -0.2) is 31.8 Å². The molecule has 5 nitrogen and oxygen atoms in total. The molecule has 2 aromatic carbocycles. The molecular weight excluding hydrogens is 385 g/mol. The van der Waals surface area contributed by atoms with E-state index in [-0.39, 0.29) is 21.2 Å². The molecule has 0 bridgehead atoms. The highest BCUT2D eigenvalue weighted by Crippen LogP contribution is 2.29. The molecular formula is C17H15Cl2NO4S. The summed E-state index contributed by atoms with van der Waals surface area (Å²) in [5.74, 6) is -0.588. The maximum atomic E-state index is 12.6. The van der Waals surface area contributed by atoms with Gasteiger partial charge < -0.3 is 4.74 Å². The third-order valence-electron chi connectivity index (χ3n) is 3.87. The van der Waals surface area contributed by atoms with Crippen LogP contribution in [0.15, 0.2) is 47.4 Å². The summed E-state index contributed by atoms with van der Waals surface area (Å²) in [6.07, 6.45) is 1.68. The van der Waals surface area contributed by atoms with E-state index in [1.807, 2.05) is 0 Å². The Morgan fingerprint density at radius 2 is 1.76 bits per heavy atom. The first-order chi connectivity index (χ1) is 11.9. The van der Waals surface area contributed by atoms with Gasteiger partial charge in [0.2, 0.25) is 10.0 Å². The SMILES string of the molecule is O=C(Oc1cc(Cl)ccc1Cl)c1cccc(S(=O)(=O)N2CCCC2)c1. The summed E-state index contributed by atoms with van der Waals surface area (Å²) in [7, 11) is -3.60. The molecule has 1 saturated heterocycles. The van der Waals surface area contributed by atoms with E-state index in [1.54, 1.807) is 6.07 Å². The summed E-state index contributed by atoms with van der Waals surface area (Å²) in [5, 5.41) is 0.608. The number of halogens is 2. The molecule has 3 rings (SSSR count). The van der Waals surface area contributed by atoms with Gasteiger partial charge in [-0.05, 0) is 43.2 Å². The van der Waals surface area contributed by atoms with Crippen LogP contribution in [0.3, 0.4) is 0 Å². The van der Waals surface area contributed by atoms with Crippen LogP contribution in [0.2, 0.25) is 10.0 Å². The predicted molar refractivity (Wildman–Crippen MR) is 95.9 cm³/mol. The van der Waals surface area contributed by atoms with Crippen molar-refractivity contribution >= 4 is 39.2 Å². The first-order valence-electron chi connectivity index (χ1n) is 7.65. The van der Waals surface area contributed by atoms with Crippen molar-refractivity contribution in [3.63, 3.8) is 0 Å². The summed E-state index contributed by atoms with van der Waals surface area (Å²) in [6.45, 7) is 0.990. The minimum absolute atomic E-state index is 0.0704. The number of carbonyl (C=O) groups is 1. The second kappa shape index (κ2) is 7.33. The Balaban J connectivity index is 1.86. The summed E-state index contributed by atoms with van der Waals surface area (Å²) < 4.78 is 31.9. The Labute approximate surface area is 156 Å². The molecule has 0 aliphatic carbocycles. The second-order valence-corrected chi connectivity index (χ2v) is 8.38. The van der Waals surface area contributed by atoms with Crippen molar-refractivity contribution in [3.8, 4) is 5.75 Å². The highest BCUT2D eigenvalue weighted by Gasteiger charge is 2.27. The molecule has 1 heterocycles. The normalized spacial score (nSPS) is 15.3. The summed E-state index contributed by atoms with van der Waals surface area (Å²) in [4.78, 5) is 12.4. The predicted octanol–water partition coefficient (Wildman–Crippen LogP) is 4.00. The molecule has 1 fully saturated rings. The van der Waals surface area contributed by atoms with Gasteiger partial charge in [0.1, 0.15) is 0 Å². The quantitative estimate of drug-likeness (QED) is 0.575. The number of sulfonamides is 1. The van der Waals surface area contributed by atoms with E-state index < -0.39 is 16.0 Å². The van der Waals surface area contributed by atoms with E-state index in [2.05, 4.69) is 0 Å². The third-order valence-corrected chi connectivity index (χ3v) is 6.31. The van der Waals surface area contributed by atoms with Gasteiger partial charge in [0.05, 0.1) is 15.5 Å². The maximum absolute atomic E-state index is 12.6. The molecule has 0 saturated carbocycles. The lowest BCUT2D eigenvalue weighted by atomic mass is 10.2. The average Bonchev–Trinajstić information content (AvgIpc) is 3.13. The molecule has 0 N–H and O–H groups in total. The van der Waals surface area contributed by atoms with Gasteiger partial charge >= 0.3 is 5.97 Å². The van der Waals surface area contributed by atoms with Gasteiger partial charge in [-0.15, -0.1) is 0 Å². The van der Waals surface area contributed by atoms with Crippen LogP contribution in [0.25, 0.3) is 0 Å². The van der Waals surface area contributed by atoms with Gasteiger partial charge in [-0.3, -0.25) is 0 Å². The lowest BCUT2D eigenvalue weighted by molar-refractivity contribution is 0.0734. The van der Waals surface area contributed by atoms with Crippen LogP contribution >= 0.6 is 23.2 Å². The summed E-state index contributed by atoms with van der Waals surface area (Å²) in [5.41, 5.74) is 0.122. The largest absolute Gasteiger partial charge is 0.421 e. The minimum Gasteiger partial charge on any atom is -0.421 e. The number of nitrogens with zero attached hydrogens (tertiary/aromatic N) is 1. The van der Waals surface area contributed by atoms with Crippen molar-refractivity contribution in [1.29, 1.82) is 0 Å². The lowest BCUT2D eigenvalue weighted by Gasteiger charge is -2.16. The number of rotatable bonds is 4. The molecule has 0 unspecified atom stereocenters. The van der Waals surface area contributed by atoms with E-state index in [9.17, 15) is 13.2 Å². The fraction of sp³-hybridized carbons (Fsp3) is 0.235. The Morgan fingerprint density at radius 3 is 2.48 bits per heavy atom. The molecule has 25 heavy (non-hydrogen) atoms. The van der Waals surface area contributed by atoms with Crippen LogP contribution < -0.4 is 4.74 Å². The van der Waals surface area contributed by atoms with Crippen molar-refractivity contribution in [2.75, 3.05) is 13.1 Å². The van der Waals surface area contributed by atoms with E-state index >= 15 is 0 Å². The van der Waals surface area contributed by atoms with Gasteiger partial charge in [-0.25, -0.2) is 13.2 Å². The Bertz CT molecular complexity index is 909. The van der Waals surface area contributed by atoms with Crippen LogP contribution in [0, 0.1) is 0 Å². The average molecular weight is 400 g/mol. The number of esters is 1. The van der Waals surface area contributed by atoms with Crippen molar-refractivity contribution in [2.24, 2.45) is 0 Å². The zero-order valence-corrected chi connectivity index (χ0v) is 15.4. The van der Waals surface area contributed by atoms with Crippen molar-refractivity contribution in [1.82, 2.24) is 4.31 Å². The van der Waals surface area contributed by atoms with E-state index in [1.165, 1.54) is 40.7 Å². The Hall–Kier alpha value is -1.60. The highest BCUT2D eigenvalue weighted by atomic mass is 35.5. The minimum atomic E-state index is -3.60. The number of carbonyl (C=O) groups excluding carboxylic acids is 1. The Morgan fingerprint density at radius 1 is 1.04 bits per heavy atom. The van der Waals surface area contributed by atoms with Gasteiger partial charge in [-0.1, -0.05) is 29.3 Å². The van der Waals surface area contributed by atoms with Gasteiger partial charge in [-0.2, -0.15) is 4.31 Å². The van der Waals surface area contributed by atoms with Crippen molar-refractivity contribution < 1.29 is 17.9 Å². The zero-order chi connectivity index (χ0) is 18.0. The summed E-state index contributed by atoms with van der Waals surface area (Å²) >= 11 is 11.8. The first kappa shape index (κ1) is 18.2. The number of ether oxygens (including phenoxy) is 1. The third kappa shape index (κ3) is 3.98. The number of benzene rings is 2. The number of hydrogen-bond acceptors (Lipinski definition) is 4. The van der Waals surface area contributed by atoms with Gasteiger partial charge in [0, 0.05) is 24.2 Å². The smallest absolute Gasteiger partial charge is 0.343 e. The molecule has 1 aliphatic heterocycles. The van der Waals surface area contributed by atoms with Crippen molar-refractivity contribution in [3.05, 3.63) is 58.1 Å². The first-order valence-corrected chi connectivity index (χ1v) is 9.85. The van der Waals surface area contributed by atoms with E-state index in [0.29, 0.717) is 18.1 Å². The van der Waals surface area contributed by atoms with E-state index in [0.717, 1.165) is 12.8 Å². The second-order valence-electron chi connectivity index (χ2n) is 5.60. The van der Waals surface area contributed by atoms with Gasteiger partial charge in [0.15, 0.2) is 5.75 Å². The van der Waals surface area contributed by atoms with Crippen LogP contribution in [0.4, 0.5) is 0 Å². The Kier molecular flexibility index (Phi) is 5.34. The van der Waals surface area contributed by atoms with Crippen LogP contribution in [0.1, 0.15) is 23.2 Å². The number of hydrogen-bond donors (Lipinski definition) is 0. The van der Waals surface area contributed by atoms with Gasteiger partial charge in [0.25, 0.3) is 0 Å². The fourth-order valence-electron chi connectivity index (χ4n) is 2.58. The standard InChI is InChI=1S/C17H15Cl2NO4S/c18-13-6-7-15(19)16(11-13)24-17(21)12-4-3-5-14(10-12)25(22,23)20-8-1-2-9-20/h3-7,10-11H,1-2,8-9H2. The van der Waals surface area contributed by atoms with Crippen molar-refractivity contribution in [2.45, 2.75) is 17.7 Å². The van der Waals surface area contributed by atoms with Crippen LogP contribution in [-0.2, 0) is 10.0 Å². The molecule has 0 radical (unpaired) electrons. The molecule has 2 aromatic rings. The molecule has 0 amide bonds. The lowest BCUT2D eigenvalue weighted by Crippen LogP contribution is -2.28. The molecule has 1 aliphatic rings. The molecule has 0 spiro atoms. The monoisotopic (exact) mass is 399 g/mol. The topological polar surface area (TPSA) is 63.7 Å².